The zero-order valence-corrected chi connectivity index (χ0v) is 15.3. The summed E-state index contributed by atoms with van der Waals surface area (Å²) < 4.78 is 2.91. The van der Waals surface area contributed by atoms with Gasteiger partial charge in [0, 0.05) is 24.7 Å². The molecule has 1 amide bonds. The first-order chi connectivity index (χ1) is 13.1. The van der Waals surface area contributed by atoms with Gasteiger partial charge in [-0.25, -0.2) is 14.0 Å². The third-order valence-electron chi connectivity index (χ3n) is 5.70. The van der Waals surface area contributed by atoms with Crippen LogP contribution in [0.15, 0.2) is 34.1 Å². The Bertz CT molecular complexity index is 1000. The molecule has 1 atom stereocenters. The highest BCUT2D eigenvalue weighted by molar-refractivity contribution is 6.14. The van der Waals surface area contributed by atoms with E-state index in [9.17, 15) is 9.59 Å². The summed E-state index contributed by atoms with van der Waals surface area (Å²) in [4.78, 5) is 34.3. The first-order valence-electron chi connectivity index (χ1n) is 9.56. The van der Waals surface area contributed by atoms with Gasteiger partial charge < -0.3 is 4.90 Å². The number of para-hydroxylation sites is 1. The van der Waals surface area contributed by atoms with Crippen molar-refractivity contribution in [2.24, 2.45) is 4.99 Å². The van der Waals surface area contributed by atoms with Gasteiger partial charge in [0.15, 0.2) is 0 Å². The fourth-order valence-corrected chi connectivity index (χ4v) is 4.30. The third kappa shape index (κ3) is 2.43. The van der Waals surface area contributed by atoms with Crippen molar-refractivity contribution in [2.45, 2.75) is 38.8 Å². The molecule has 3 aliphatic rings. The largest absolute Gasteiger partial charge is 0.352 e. The van der Waals surface area contributed by atoms with Gasteiger partial charge in [-0.1, -0.05) is 12.1 Å². The molecule has 27 heavy (non-hydrogen) atoms. The lowest BCUT2D eigenvalue weighted by Gasteiger charge is -2.33. The molecule has 1 aromatic carbocycles. The van der Waals surface area contributed by atoms with E-state index in [1.54, 1.807) is 4.57 Å². The van der Waals surface area contributed by atoms with Gasteiger partial charge in [-0.05, 0) is 38.3 Å². The number of carbonyl (C=O) groups is 1. The van der Waals surface area contributed by atoms with Crippen molar-refractivity contribution in [1.82, 2.24) is 19.2 Å². The molecule has 0 spiro atoms. The van der Waals surface area contributed by atoms with E-state index in [4.69, 9.17) is 0 Å². The number of rotatable bonds is 2. The summed E-state index contributed by atoms with van der Waals surface area (Å²) in [6.45, 7) is 4.17. The summed E-state index contributed by atoms with van der Waals surface area (Å²) in [5.41, 5.74) is 1.43. The standard InChI is InChI=1S/C19H22N6O2/c1-13-6-4-5-10-22(13)16(26)12-24-19(27)25-15-8-3-2-7-14(15)17-20-9-11-23(17)18(25)21-24/h2-3,7-8,13H,4-6,9-12H2,1H3/t13-/m1/s1. The van der Waals surface area contributed by atoms with Crippen LogP contribution >= 0.6 is 0 Å². The first kappa shape index (κ1) is 16.3. The first-order valence-corrected chi connectivity index (χ1v) is 9.56. The van der Waals surface area contributed by atoms with E-state index in [-0.39, 0.29) is 24.2 Å². The molecule has 0 N–H and O–H groups in total. The Kier molecular flexibility index (Phi) is 3.66. The lowest BCUT2D eigenvalue weighted by molar-refractivity contribution is -0.135. The molecule has 1 fully saturated rings. The van der Waals surface area contributed by atoms with E-state index < -0.39 is 0 Å². The monoisotopic (exact) mass is 366 g/mol. The van der Waals surface area contributed by atoms with Gasteiger partial charge in [0.25, 0.3) is 0 Å². The number of amidine groups is 1. The number of amides is 1. The highest BCUT2D eigenvalue weighted by Gasteiger charge is 2.35. The van der Waals surface area contributed by atoms with Gasteiger partial charge in [0.1, 0.15) is 12.4 Å². The molecule has 0 bridgehead atoms. The molecular weight excluding hydrogens is 344 g/mol. The Hall–Kier alpha value is -2.90. The van der Waals surface area contributed by atoms with E-state index in [0.29, 0.717) is 19.0 Å². The molecule has 0 saturated carbocycles. The molecule has 8 heteroatoms. The summed E-state index contributed by atoms with van der Waals surface area (Å²) in [6.07, 6.45) is 3.18. The molecule has 5 rings (SSSR count). The lowest BCUT2D eigenvalue weighted by atomic mass is 10.0. The molecule has 0 radical (unpaired) electrons. The fraction of sp³-hybridized carbons (Fsp3) is 0.474. The van der Waals surface area contributed by atoms with Crippen molar-refractivity contribution in [3.8, 4) is 5.69 Å². The van der Waals surface area contributed by atoms with Crippen LogP contribution in [0.2, 0.25) is 0 Å². The van der Waals surface area contributed by atoms with Crippen LogP contribution in [-0.4, -0.2) is 56.7 Å². The van der Waals surface area contributed by atoms with Crippen molar-refractivity contribution < 1.29 is 4.79 Å². The topological polar surface area (TPSA) is 75.7 Å². The van der Waals surface area contributed by atoms with Crippen LogP contribution in [0, 0.1) is 0 Å². The van der Waals surface area contributed by atoms with E-state index in [0.717, 1.165) is 42.9 Å². The Balaban J connectivity index is 1.54. The van der Waals surface area contributed by atoms with Gasteiger partial charge >= 0.3 is 5.69 Å². The number of hydrogen-bond donors (Lipinski definition) is 0. The number of aromatic nitrogens is 3. The predicted molar refractivity (Wildman–Crippen MR) is 102 cm³/mol. The molecule has 8 nitrogen and oxygen atoms in total. The molecule has 1 saturated heterocycles. The molecule has 4 heterocycles. The van der Waals surface area contributed by atoms with Crippen molar-refractivity contribution in [3.63, 3.8) is 0 Å². The molecule has 140 valence electrons. The molecule has 3 aliphatic heterocycles. The van der Waals surface area contributed by atoms with Crippen molar-refractivity contribution in [1.29, 1.82) is 0 Å². The Morgan fingerprint density at radius 1 is 1.22 bits per heavy atom. The minimum Gasteiger partial charge on any atom is -0.338 e. The molecule has 0 unspecified atom stereocenters. The van der Waals surface area contributed by atoms with Crippen LogP contribution in [0.1, 0.15) is 31.7 Å². The molecule has 1 aromatic heterocycles. The number of nitrogens with zero attached hydrogens (tertiary/aromatic N) is 6. The summed E-state index contributed by atoms with van der Waals surface area (Å²) in [5.74, 6) is 1.36. The minimum atomic E-state index is -0.276. The molecule has 0 aliphatic carbocycles. The maximum absolute atomic E-state index is 13.1. The number of fused-ring (bicyclic) bond motifs is 6. The lowest BCUT2D eigenvalue weighted by Crippen LogP contribution is -2.44. The number of aliphatic imine (C=N–C) groups is 1. The number of benzene rings is 1. The van der Waals surface area contributed by atoms with Crippen LogP contribution in [0.4, 0.5) is 5.95 Å². The second-order valence-corrected chi connectivity index (χ2v) is 7.38. The van der Waals surface area contributed by atoms with Crippen molar-refractivity contribution in [2.75, 3.05) is 24.5 Å². The predicted octanol–water partition coefficient (Wildman–Crippen LogP) is 1.02. The van der Waals surface area contributed by atoms with Crippen LogP contribution < -0.4 is 10.6 Å². The van der Waals surface area contributed by atoms with E-state index in [1.165, 1.54) is 4.68 Å². The Labute approximate surface area is 156 Å². The average Bonchev–Trinajstić information content (AvgIpc) is 3.28. The smallest absolute Gasteiger partial charge is 0.338 e. The summed E-state index contributed by atoms with van der Waals surface area (Å²) >= 11 is 0. The third-order valence-corrected chi connectivity index (χ3v) is 5.70. The second kappa shape index (κ2) is 6.07. The van der Waals surface area contributed by atoms with Gasteiger partial charge in [-0.15, -0.1) is 5.10 Å². The average molecular weight is 366 g/mol. The highest BCUT2D eigenvalue weighted by Crippen LogP contribution is 2.29. The number of hydrogen-bond acceptors (Lipinski definition) is 5. The van der Waals surface area contributed by atoms with Gasteiger partial charge in [-0.2, -0.15) is 0 Å². The maximum atomic E-state index is 13.1. The van der Waals surface area contributed by atoms with Crippen LogP contribution in [0.5, 0.6) is 0 Å². The van der Waals surface area contributed by atoms with Crippen LogP contribution in [0.25, 0.3) is 5.69 Å². The van der Waals surface area contributed by atoms with Crippen LogP contribution in [-0.2, 0) is 11.3 Å². The number of piperidine rings is 1. The number of anilines is 1. The number of likely N-dealkylation sites (tertiary alicyclic amines) is 1. The molecule has 2 aromatic rings. The second-order valence-electron chi connectivity index (χ2n) is 7.38. The van der Waals surface area contributed by atoms with Gasteiger partial charge in [-0.3, -0.25) is 14.7 Å². The summed E-state index contributed by atoms with van der Waals surface area (Å²) in [6, 6.07) is 7.94. The SMILES string of the molecule is C[C@@H]1CCCCN1C(=O)Cn1nc2n(c1=O)-c1ccccc1C1=NCCN12. The quantitative estimate of drug-likeness (QED) is 0.795. The fourth-order valence-electron chi connectivity index (χ4n) is 4.30. The molecular formula is C19H22N6O2. The Morgan fingerprint density at radius 2 is 2.07 bits per heavy atom. The zero-order chi connectivity index (χ0) is 18.5. The normalized spacial score (nSPS) is 20.8. The maximum Gasteiger partial charge on any atom is 0.352 e. The highest BCUT2D eigenvalue weighted by atomic mass is 16.2. The van der Waals surface area contributed by atoms with Crippen molar-refractivity contribution in [3.05, 3.63) is 40.3 Å². The van der Waals surface area contributed by atoms with Crippen molar-refractivity contribution >= 4 is 17.7 Å². The minimum absolute atomic E-state index is 0.0222. The van der Waals surface area contributed by atoms with E-state index >= 15 is 0 Å². The number of carbonyl (C=O) groups excluding carboxylic acids is 1. The summed E-state index contributed by atoms with van der Waals surface area (Å²) in [7, 11) is 0. The van der Waals surface area contributed by atoms with Crippen LogP contribution in [0.3, 0.4) is 0 Å². The van der Waals surface area contributed by atoms with Gasteiger partial charge in [0.05, 0.1) is 12.2 Å². The van der Waals surface area contributed by atoms with Gasteiger partial charge in [0.2, 0.25) is 11.9 Å². The summed E-state index contributed by atoms with van der Waals surface area (Å²) in [5, 5.41) is 4.52. The van der Waals surface area contributed by atoms with E-state index in [2.05, 4.69) is 17.0 Å². The zero-order valence-electron chi connectivity index (χ0n) is 15.3. The van der Waals surface area contributed by atoms with E-state index in [1.807, 2.05) is 34.1 Å². The Morgan fingerprint density at radius 3 is 2.93 bits per heavy atom.